The van der Waals surface area contributed by atoms with E-state index in [9.17, 15) is 9.59 Å². The zero-order chi connectivity index (χ0) is 18.7. The van der Waals surface area contributed by atoms with Gasteiger partial charge in [-0.2, -0.15) is 0 Å². The number of benzene rings is 2. The largest absolute Gasteiger partial charge is 0.378 e. The molecule has 2 aromatic carbocycles. The number of carbonyl (C=O) groups is 1. The number of hydrogen-bond acceptors (Lipinski definition) is 3. The Labute approximate surface area is 152 Å². The van der Waals surface area contributed by atoms with Crippen molar-refractivity contribution in [3.8, 4) is 0 Å². The summed E-state index contributed by atoms with van der Waals surface area (Å²) in [5.74, 6) is -0.137. The molecule has 5 heteroatoms. The summed E-state index contributed by atoms with van der Waals surface area (Å²) in [7, 11) is 3.87. The smallest absolute Gasteiger partial charge is 0.251 e. The fourth-order valence-corrected chi connectivity index (χ4v) is 2.88. The summed E-state index contributed by atoms with van der Waals surface area (Å²) in [6.07, 6.45) is 0.484. The molecule has 0 atom stereocenters. The monoisotopic (exact) mass is 349 g/mol. The average molecular weight is 349 g/mol. The van der Waals surface area contributed by atoms with Crippen molar-refractivity contribution >= 4 is 22.5 Å². The van der Waals surface area contributed by atoms with Gasteiger partial charge in [0.25, 0.3) is 11.5 Å². The van der Waals surface area contributed by atoms with Crippen LogP contribution in [0.4, 0.5) is 5.69 Å². The normalized spacial score (nSPS) is 10.7. The molecule has 0 bridgehead atoms. The number of H-pyrrole nitrogens is 1. The lowest BCUT2D eigenvalue weighted by molar-refractivity contribution is 0.0954. The summed E-state index contributed by atoms with van der Waals surface area (Å²) in [5.41, 5.74) is 4.09. The van der Waals surface area contributed by atoms with Gasteiger partial charge in [0.1, 0.15) is 0 Å². The van der Waals surface area contributed by atoms with Crippen molar-refractivity contribution in [2.75, 3.05) is 25.5 Å². The molecule has 26 heavy (non-hydrogen) atoms. The fraction of sp³-hybridized carbons (Fsp3) is 0.238. The number of carbonyl (C=O) groups excluding carboxylic acids is 1. The second-order valence-corrected chi connectivity index (χ2v) is 6.67. The number of amides is 1. The van der Waals surface area contributed by atoms with Gasteiger partial charge >= 0.3 is 0 Å². The van der Waals surface area contributed by atoms with Crippen molar-refractivity contribution in [1.82, 2.24) is 10.3 Å². The Kier molecular flexibility index (Phi) is 5.07. The van der Waals surface area contributed by atoms with Crippen LogP contribution in [0.15, 0.2) is 53.3 Å². The van der Waals surface area contributed by atoms with Gasteiger partial charge in [-0.1, -0.05) is 18.2 Å². The molecule has 0 aliphatic rings. The molecule has 0 spiro atoms. The summed E-state index contributed by atoms with van der Waals surface area (Å²) in [6, 6.07) is 15.3. The van der Waals surface area contributed by atoms with Crippen molar-refractivity contribution in [3.05, 3.63) is 75.6 Å². The van der Waals surface area contributed by atoms with E-state index in [4.69, 9.17) is 0 Å². The van der Waals surface area contributed by atoms with E-state index in [1.807, 2.05) is 68.4 Å². The van der Waals surface area contributed by atoms with Gasteiger partial charge < -0.3 is 15.2 Å². The van der Waals surface area contributed by atoms with E-state index in [2.05, 4.69) is 10.3 Å². The fourth-order valence-electron chi connectivity index (χ4n) is 2.88. The second kappa shape index (κ2) is 7.44. The van der Waals surface area contributed by atoms with Crippen molar-refractivity contribution in [1.29, 1.82) is 0 Å². The van der Waals surface area contributed by atoms with E-state index in [-0.39, 0.29) is 11.5 Å². The van der Waals surface area contributed by atoms with Crippen LogP contribution < -0.4 is 15.8 Å². The molecule has 2 N–H and O–H groups in total. The predicted octanol–water partition coefficient (Wildman–Crippen LogP) is 2.88. The standard InChI is InChI=1S/C21H23N3O2/c1-14-7-8-15-12-17(21(26)23-19(15)11-14)9-10-22-20(25)16-5-4-6-18(13-16)24(2)3/h4-8,11-13H,9-10H2,1-3H3,(H,22,25)(H,23,26). The number of anilines is 1. The van der Waals surface area contributed by atoms with Crippen LogP contribution in [0.25, 0.3) is 10.9 Å². The summed E-state index contributed by atoms with van der Waals surface area (Å²) >= 11 is 0. The molecule has 0 saturated heterocycles. The molecule has 0 saturated carbocycles. The number of nitrogens with one attached hydrogen (secondary N) is 2. The maximum Gasteiger partial charge on any atom is 0.251 e. The van der Waals surface area contributed by atoms with E-state index in [0.717, 1.165) is 22.2 Å². The highest BCUT2D eigenvalue weighted by atomic mass is 16.1. The maximum atomic E-state index is 12.3. The van der Waals surface area contributed by atoms with Crippen LogP contribution in [-0.4, -0.2) is 31.5 Å². The maximum absolute atomic E-state index is 12.3. The first-order valence-electron chi connectivity index (χ1n) is 8.62. The lowest BCUT2D eigenvalue weighted by Crippen LogP contribution is -2.27. The third kappa shape index (κ3) is 3.94. The Bertz CT molecular complexity index is 1010. The van der Waals surface area contributed by atoms with Gasteiger partial charge in [-0.3, -0.25) is 9.59 Å². The molecular formula is C21H23N3O2. The van der Waals surface area contributed by atoms with Gasteiger partial charge in [0, 0.05) is 43.0 Å². The van der Waals surface area contributed by atoms with Crippen LogP contribution in [0.5, 0.6) is 0 Å². The van der Waals surface area contributed by atoms with Gasteiger partial charge in [0.15, 0.2) is 0 Å². The van der Waals surface area contributed by atoms with Gasteiger partial charge in [-0.15, -0.1) is 0 Å². The Hall–Kier alpha value is -3.08. The van der Waals surface area contributed by atoms with Crippen LogP contribution in [0, 0.1) is 6.92 Å². The van der Waals surface area contributed by atoms with Crippen LogP contribution in [0.2, 0.25) is 0 Å². The van der Waals surface area contributed by atoms with Crippen LogP contribution in [0.1, 0.15) is 21.5 Å². The van der Waals surface area contributed by atoms with Crippen molar-refractivity contribution in [2.24, 2.45) is 0 Å². The third-order valence-electron chi connectivity index (χ3n) is 4.38. The first-order chi connectivity index (χ1) is 12.4. The summed E-state index contributed by atoms with van der Waals surface area (Å²) in [5, 5.41) is 3.88. The Morgan fingerprint density at radius 3 is 2.69 bits per heavy atom. The number of rotatable bonds is 5. The number of hydrogen-bond donors (Lipinski definition) is 2. The number of fused-ring (bicyclic) bond motifs is 1. The molecule has 0 fully saturated rings. The number of nitrogens with zero attached hydrogens (tertiary/aromatic N) is 1. The first kappa shape index (κ1) is 17.7. The molecular weight excluding hydrogens is 326 g/mol. The van der Waals surface area contributed by atoms with Crippen LogP contribution in [-0.2, 0) is 6.42 Å². The van der Waals surface area contributed by atoms with E-state index in [1.165, 1.54) is 0 Å². The number of pyridine rings is 1. The van der Waals surface area contributed by atoms with Gasteiger partial charge in [0.05, 0.1) is 0 Å². The molecule has 1 aromatic heterocycles. The second-order valence-electron chi connectivity index (χ2n) is 6.67. The number of aromatic nitrogens is 1. The first-order valence-corrected chi connectivity index (χ1v) is 8.62. The zero-order valence-corrected chi connectivity index (χ0v) is 15.3. The Balaban J connectivity index is 1.68. The van der Waals surface area contributed by atoms with Crippen LogP contribution >= 0.6 is 0 Å². The third-order valence-corrected chi connectivity index (χ3v) is 4.38. The molecule has 3 rings (SSSR count). The minimum Gasteiger partial charge on any atom is -0.378 e. The molecule has 0 aliphatic carbocycles. The highest BCUT2D eigenvalue weighted by Gasteiger charge is 2.08. The summed E-state index contributed by atoms with van der Waals surface area (Å²) in [4.78, 5) is 29.4. The zero-order valence-electron chi connectivity index (χ0n) is 15.3. The minimum atomic E-state index is -0.137. The van der Waals surface area contributed by atoms with Crippen molar-refractivity contribution in [2.45, 2.75) is 13.3 Å². The van der Waals surface area contributed by atoms with Gasteiger partial charge in [-0.05, 0) is 54.6 Å². The molecule has 5 nitrogen and oxygen atoms in total. The SMILES string of the molecule is Cc1ccc2cc(CCNC(=O)c3cccc(N(C)C)c3)c(=O)[nH]c2c1. The molecule has 0 radical (unpaired) electrons. The van der Waals surface area contributed by atoms with E-state index in [1.54, 1.807) is 6.07 Å². The van der Waals surface area contributed by atoms with E-state index in [0.29, 0.717) is 24.1 Å². The summed E-state index contributed by atoms with van der Waals surface area (Å²) in [6.45, 7) is 2.40. The molecule has 1 amide bonds. The Morgan fingerprint density at radius 1 is 1.12 bits per heavy atom. The summed E-state index contributed by atoms with van der Waals surface area (Å²) < 4.78 is 0. The number of aryl methyl sites for hydroxylation is 1. The van der Waals surface area contributed by atoms with Crippen molar-refractivity contribution < 1.29 is 4.79 Å². The molecule has 1 heterocycles. The predicted molar refractivity (Wildman–Crippen MR) is 106 cm³/mol. The average Bonchev–Trinajstić information content (AvgIpc) is 2.62. The highest BCUT2D eigenvalue weighted by molar-refractivity contribution is 5.95. The Morgan fingerprint density at radius 2 is 1.92 bits per heavy atom. The highest BCUT2D eigenvalue weighted by Crippen LogP contribution is 2.14. The number of aromatic amines is 1. The lowest BCUT2D eigenvalue weighted by atomic mass is 10.1. The van der Waals surface area contributed by atoms with Gasteiger partial charge in [-0.25, -0.2) is 0 Å². The molecule has 0 unspecified atom stereocenters. The topological polar surface area (TPSA) is 65.2 Å². The lowest BCUT2D eigenvalue weighted by Gasteiger charge is -2.13. The van der Waals surface area contributed by atoms with E-state index >= 15 is 0 Å². The molecule has 3 aromatic rings. The van der Waals surface area contributed by atoms with E-state index < -0.39 is 0 Å². The van der Waals surface area contributed by atoms with Crippen molar-refractivity contribution in [3.63, 3.8) is 0 Å². The molecule has 134 valence electrons. The van der Waals surface area contributed by atoms with Crippen LogP contribution in [0.3, 0.4) is 0 Å². The quantitative estimate of drug-likeness (QED) is 0.744. The molecule has 0 aliphatic heterocycles. The van der Waals surface area contributed by atoms with Gasteiger partial charge in [0.2, 0.25) is 0 Å². The minimum absolute atomic E-state index is 0.105.